The number of hydrogen-bond donors (Lipinski definition) is 1. The molecule has 0 spiro atoms. The van der Waals surface area contributed by atoms with Gasteiger partial charge in [0, 0.05) is 24.9 Å². The van der Waals surface area contributed by atoms with Crippen molar-refractivity contribution in [1.29, 1.82) is 0 Å². The van der Waals surface area contributed by atoms with Gasteiger partial charge in [-0.3, -0.25) is 14.5 Å². The Kier molecular flexibility index (Phi) is 5.70. The van der Waals surface area contributed by atoms with Gasteiger partial charge in [-0.05, 0) is 30.7 Å². The predicted molar refractivity (Wildman–Crippen MR) is 112 cm³/mol. The third-order valence-electron chi connectivity index (χ3n) is 4.85. The van der Waals surface area contributed by atoms with Gasteiger partial charge in [-0.15, -0.1) is 0 Å². The molecule has 0 bridgehead atoms. The van der Waals surface area contributed by atoms with Crippen LogP contribution in [0.2, 0.25) is 5.02 Å². The van der Waals surface area contributed by atoms with Crippen molar-refractivity contribution in [1.82, 2.24) is 20.3 Å². The summed E-state index contributed by atoms with van der Waals surface area (Å²) in [5.74, 6) is -2.36. The molecule has 164 valence electrons. The Bertz CT molecular complexity index is 1240. The number of carbonyl (C=O) groups is 2. The number of nitrogens with one attached hydrogen (secondary N) is 1. The summed E-state index contributed by atoms with van der Waals surface area (Å²) in [7, 11) is 1.49. The SMILES string of the molecule is Cc1cc(F)ccc1-c1nc(C(=O)N[C@H]2COc3cc(Cl)cnc3N(C)C2=O)ncc1F. The van der Waals surface area contributed by atoms with E-state index in [1.165, 1.54) is 42.4 Å². The molecule has 0 saturated heterocycles. The van der Waals surface area contributed by atoms with Crippen LogP contribution in [-0.2, 0) is 4.79 Å². The zero-order chi connectivity index (χ0) is 23.0. The molecular formula is C21H16ClF2N5O3. The average Bonchev–Trinajstić information content (AvgIpc) is 2.86. The van der Waals surface area contributed by atoms with Crippen molar-refractivity contribution >= 4 is 29.2 Å². The molecule has 0 radical (unpaired) electrons. The number of carbonyl (C=O) groups excluding carboxylic acids is 2. The number of benzene rings is 1. The van der Waals surface area contributed by atoms with Gasteiger partial charge in [-0.2, -0.15) is 0 Å². The van der Waals surface area contributed by atoms with Crippen molar-refractivity contribution in [3.8, 4) is 17.0 Å². The van der Waals surface area contributed by atoms with Crippen molar-refractivity contribution in [2.45, 2.75) is 13.0 Å². The average molecular weight is 460 g/mol. The highest BCUT2D eigenvalue weighted by molar-refractivity contribution is 6.30. The highest BCUT2D eigenvalue weighted by Gasteiger charge is 2.32. The normalized spacial score (nSPS) is 15.6. The molecule has 1 aliphatic heterocycles. The monoisotopic (exact) mass is 459 g/mol. The van der Waals surface area contributed by atoms with Crippen LogP contribution in [0.5, 0.6) is 5.75 Å². The van der Waals surface area contributed by atoms with Crippen LogP contribution in [0.1, 0.15) is 16.2 Å². The Morgan fingerprint density at radius 2 is 2.03 bits per heavy atom. The van der Waals surface area contributed by atoms with E-state index in [0.717, 1.165) is 6.20 Å². The van der Waals surface area contributed by atoms with Gasteiger partial charge in [-0.1, -0.05) is 11.6 Å². The molecule has 2 amide bonds. The minimum Gasteiger partial charge on any atom is -0.487 e. The number of halogens is 3. The molecule has 1 aliphatic rings. The van der Waals surface area contributed by atoms with Gasteiger partial charge in [0.15, 0.2) is 17.4 Å². The van der Waals surface area contributed by atoms with E-state index in [4.69, 9.17) is 16.3 Å². The number of aryl methyl sites for hydroxylation is 1. The van der Waals surface area contributed by atoms with Crippen LogP contribution in [0.15, 0.2) is 36.7 Å². The molecule has 0 unspecified atom stereocenters. The minimum atomic E-state index is -1.08. The summed E-state index contributed by atoms with van der Waals surface area (Å²) in [6, 6.07) is 4.19. The number of likely N-dealkylation sites (N-methyl/N-ethyl adjacent to an activating group) is 1. The second-order valence-corrected chi connectivity index (χ2v) is 7.50. The van der Waals surface area contributed by atoms with Crippen LogP contribution in [0.4, 0.5) is 14.6 Å². The highest BCUT2D eigenvalue weighted by atomic mass is 35.5. The van der Waals surface area contributed by atoms with Crippen LogP contribution in [0.25, 0.3) is 11.3 Å². The fraction of sp³-hybridized carbons (Fsp3) is 0.190. The summed E-state index contributed by atoms with van der Waals surface area (Å²) in [6.45, 7) is 1.41. The van der Waals surface area contributed by atoms with Crippen LogP contribution >= 0.6 is 11.6 Å². The Labute approximate surface area is 186 Å². The van der Waals surface area contributed by atoms with E-state index in [1.807, 2.05) is 0 Å². The summed E-state index contributed by atoms with van der Waals surface area (Å²) in [6.07, 6.45) is 2.22. The zero-order valence-corrected chi connectivity index (χ0v) is 17.7. The number of hydrogen-bond acceptors (Lipinski definition) is 6. The van der Waals surface area contributed by atoms with Gasteiger partial charge in [-0.25, -0.2) is 23.7 Å². The Morgan fingerprint density at radius 3 is 2.78 bits per heavy atom. The van der Waals surface area contributed by atoms with Crippen molar-refractivity contribution in [2.24, 2.45) is 0 Å². The van der Waals surface area contributed by atoms with Gasteiger partial charge < -0.3 is 10.1 Å². The molecule has 1 atom stereocenters. The van der Waals surface area contributed by atoms with Crippen molar-refractivity contribution < 1.29 is 23.1 Å². The Morgan fingerprint density at radius 1 is 1.25 bits per heavy atom. The first-order chi connectivity index (χ1) is 15.2. The molecule has 32 heavy (non-hydrogen) atoms. The van der Waals surface area contributed by atoms with E-state index >= 15 is 0 Å². The molecule has 1 N–H and O–H groups in total. The van der Waals surface area contributed by atoms with Crippen molar-refractivity contribution in [3.05, 3.63) is 64.7 Å². The summed E-state index contributed by atoms with van der Waals surface area (Å²) in [4.78, 5) is 38.6. The third kappa shape index (κ3) is 4.09. The second-order valence-electron chi connectivity index (χ2n) is 7.06. The lowest BCUT2D eigenvalue weighted by atomic mass is 10.1. The van der Waals surface area contributed by atoms with E-state index in [0.29, 0.717) is 16.1 Å². The number of pyridine rings is 1. The van der Waals surface area contributed by atoms with Gasteiger partial charge in [0.2, 0.25) is 5.82 Å². The maximum absolute atomic E-state index is 14.4. The molecule has 0 saturated carbocycles. The lowest BCUT2D eigenvalue weighted by Gasteiger charge is -2.19. The molecule has 8 nitrogen and oxygen atoms in total. The maximum atomic E-state index is 14.4. The predicted octanol–water partition coefficient (Wildman–Crippen LogP) is 2.93. The highest BCUT2D eigenvalue weighted by Crippen LogP contribution is 2.30. The summed E-state index contributed by atoms with van der Waals surface area (Å²) in [5.41, 5.74) is 0.591. The minimum absolute atomic E-state index is 0.158. The Hall–Kier alpha value is -3.66. The molecule has 3 aromatic rings. The lowest BCUT2D eigenvalue weighted by molar-refractivity contribution is -0.120. The fourth-order valence-corrected chi connectivity index (χ4v) is 3.39. The number of nitrogens with zero attached hydrogens (tertiary/aromatic N) is 4. The molecular weight excluding hydrogens is 444 g/mol. The number of aromatic nitrogens is 3. The first kappa shape index (κ1) is 21.6. The molecule has 0 aliphatic carbocycles. The second kappa shape index (κ2) is 8.46. The lowest BCUT2D eigenvalue weighted by Crippen LogP contribution is -2.49. The van der Waals surface area contributed by atoms with Crippen LogP contribution < -0.4 is 15.0 Å². The Balaban J connectivity index is 1.59. The third-order valence-corrected chi connectivity index (χ3v) is 5.05. The van der Waals surface area contributed by atoms with Crippen LogP contribution in [0, 0.1) is 18.6 Å². The summed E-state index contributed by atoms with van der Waals surface area (Å²) in [5, 5.41) is 2.83. The van der Waals surface area contributed by atoms with E-state index in [9.17, 15) is 18.4 Å². The van der Waals surface area contributed by atoms with Crippen LogP contribution in [0.3, 0.4) is 0 Å². The quantitative estimate of drug-likeness (QED) is 0.647. The largest absolute Gasteiger partial charge is 0.487 e. The van der Waals surface area contributed by atoms with E-state index < -0.39 is 29.5 Å². The van der Waals surface area contributed by atoms with Gasteiger partial charge in [0.25, 0.3) is 11.8 Å². The number of ether oxygens (including phenoxy) is 1. The standard InChI is InChI=1S/C21H16ClF2N5O3/c1-10-5-12(23)3-4-13(10)17-14(24)8-25-18(28-17)20(30)27-15-9-32-16-6-11(22)7-26-19(16)29(2)21(15)31/h3-8,15H,9H2,1-2H3,(H,27,30)/t15-/m0/s1. The summed E-state index contributed by atoms with van der Waals surface area (Å²) >= 11 is 5.93. The maximum Gasteiger partial charge on any atom is 0.289 e. The first-order valence-electron chi connectivity index (χ1n) is 9.40. The van der Waals surface area contributed by atoms with E-state index in [2.05, 4.69) is 20.3 Å². The summed E-state index contributed by atoms with van der Waals surface area (Å²) < 4.78 is 33.4. The topological polar surface area (TPSA) is 97.3 Å². The van der Waals surface area contributed by atoms with Gasteiger partial charge in [0.1, 0.15) is 24.2 Å². The van der Waals surface area contributed by atoms with E-state index in [1.54, 1.807) is 6.92 Å². The molecule has 2 aromatic heterocycles. The molecule has 1 aromatic carbocycles. The van der Waals surface area contributed by atoms with Crippen molar-refractivity contribution in [3.63, 3.8) is 0 Å². The fourth-order valence-electron chi connectivity index (χ4n) is 3.24. The number of rotatable bonds is 3. The van der Waals surface area contributed by atoms with Crippen molar-refractivity contribution in [2.75, 3.05) is 18.6 Å². The molecule has 3 heterocycles. The van der Waals surface area contributed by atoms with Crippen LogP contribution in [-0.4, -0.2) is 46.5 Å². The smallest absolute Gasteiger partial charge is 0.289 e. The first-order valence-corrected chi connectivity index (χ1v) is 9.78. The molecule has 0 fully saturated rings. The number of anilines is 1. The number of fused-ring (bicyclic) bond motifs is 1. The molecule has 4 rings (SSSR count). The zero-order valence-electron chi connectivity index (χ0n) is 16.9. The molecule has 11 heteroatoms. The van der Waals surface area contributed by atoms with E-state index in [-0.39, 0.29) is 29.7 Å². The number of amides is 2. The van der Waals surface area contributed by atoms with Gasteiger partial charge in [0.05, 0.1) is 11.2 Å². The van der Waals surface area contributed by atoms with Gasteiger partial charge >= 0.3 is 0 Å².